The van der Waals surface area contributed by atoms with E-state index in [0.29, 0.717) is 33.6 Å². The van der Waals surface area contributed by atoms with E-state index in [9.17, 15) is 9.59 Å². The number of carbonyl (C=O) groups is 1. The Morgan fingerprint density at radius 1 is 0.978 bits per heavy atom. The summed E-state index contributed by atoms with van der Waals surface area (Å²) < 4.78 is 4.76. The average Bonchev–Trinajstić information content (AvgIpc) is 3.59. The molecule has 0 aliphatic rings. The van der Waals surface area contributed by atoms with E-state index in [0.717, 1.165) is 33.0 Å². The van der Waals surface area contributed by atoms with Gasteiger partial charge in [-0.05, 0) is 37.1 Å². The Labute approximate surface area is 263 Å². The third-order valence-corrected chi connectivity index (χ3v) is 8.64. The summed E-state index contributed by atoms with van der Waals surface area (Å²) in [6, 6.07) is 8.23. The van der Waals surface area contributed by atoms with Gasteiger partial charge >= 0.3 is 0 Å². The molecule has 0 aliphatic heterocycles. The summed E-state index contributed by atoms with van der Waals surface area (Å²) in [5.74, 6) is 6.24. The first kappa shape index (κ1) is 29.6. The molecule has 0 aliphatic carbocycles. The molecule has 0 spiro atoms. The monoisotopic (exact) mass is 589 g/mol. The molecule has 6 aromatic rings. The van der Waals surface area contributed by atoms with E-state index in [1.54, 1.807) is 46.9 Å². The first-order valence-corrected chi connectivity index (χ1v) is 14.5. The summed E-state index contributed by atoms with van der Waals surface area (Å²) in [4.78, 5) is 37.7. The molecule has 45 heavy (non-hydrogen) atoms. The predicted molar refractivity (Wildman–Crippen MR) is 191 cm³/mol. The highest BCUT2D eigenvalue weighted by molar-refractivity contribution is 6.68. The molecular weight excluding hydrogens is 560 g/mol. The quantitative estimate of drug-likeness (QED) is 0.155. The smallest absolute Gasteiger partial charge is 0.267 e. The summed E-state index contributed by atoms with van der Waals surface area (Å²) in [6.07, 6.45) is 4.92. The number of aromatic nitrogens is 7. The highest BCUT2D eigenvalue weighted by atomic mass is 16.2. The fourth-order valence-corrected chi connectivity index (χ4v) is 5.76. The second kappa shape index (κ2) is 11.2. The van der Waals surface area contributed by atoms with Crippen molar-refractivity contribution in [1.82, 2.24) is 39.2 Å². The fourth-order valence-electron chi connectivity index (χ4n) is 5.76. The van der Waals surface area contributed by atoms with Crippen LogP contribution < -0.4 is 43.9 Å². The Morgan fingerprint density at radius 3 is 2.38 bits per heavy atom. The van der Waals surface area contributed by atoms with Gasteiger partial charge < -0.3 is 11.1 Å². The van der Waals surface area contributed by atoms with Crippen LogP contribution in [0.15, 0.2) is 53.7 Å². The molecule has 0 unspecified atom stereocenters. The maximum absolute atomic E-state index is 14.7. The van der Waals surface area contributed by atoms with Gasteiger partial charge in [0.15, 0.2) is 11.5 Å². The van der Waals surface area contributed by atoms with Gasteiger partial charge in [0.25, 0.3) is 11.5 Å². The van der Waals surface area contributed by atoms with Gasteiger partial charge in [-0.3, -0.25) is 18.8 Å². The third kappa shape index (κ3) is 4.90. The minimum atomic E-state index is -0.711. The molecule has 0 saturated heterocycles. The number of carbonyl (C=O) groups excluding carboxylic acids is 1. The molecule has 1 atom stereocenters. The van der Waals surface area contributed by atoms with E-state index in [-0.39, 0.29) is 16.9 Å². The van der Waals surface area contributed by atoms with E-state index >= 15 is 0 Å². The number of amides is 1. The maximum Gasteiger partial charge on any atom is 0.267 e. The number of fused-ring (bicyclic) bond motifs is 2. The topological polar surface area (TPSA) is 138 Å². The zero-order valence-corrected chi connectivity index (χ0v) is 26.2. The number of hydrogen-bond donors (Lipinski definition) is 2. The molecule has 2 aromatic carbocycles. The van der Waals surface area contributed by atoms with Gasteiger partial charge in [0.2, 0.25) is 0 Å². The van der Waals surface area contributed by atoms with Crippen molar-refractivity contribution in [3.05, 3.63) is 81.9 Å². The second-order valence-corrected chi connectivity index (χ2v) is 11.2. The van der Waals surface area contributed by atoms with Gasteiger partial charge in [0.05, 0.1) is 23.1 Å². The van der Waals surface area contributed by atoms with Crippen molar-refractivity contribution in [1.29, 1.82) is 0 Å². The summed E-state index contributed by atoms with van der Waals surface area (Å²) in [5.41, 5.74) is 14.0. The minimum Gasteiger partial charge on any atom is -0.381 e. The maximum atomic E-state index is 14.7. The molecule has 3 N–H and O–H groups in total. The van der Waals surface area contributed by atoms with E-state index in [2.05, 4.69) is 55.9 Å². The van der Waals surface area contributed by atoms with Gasteiger partial charge in [-0.15, -0.1) is 10.6 Å². The number of nitrogen functional groups attached to an aromatic ring is 1. The SMILES string of the molecule is Bc1c(B)c(B)c(-n2c([C@@H](C)NC(=O)c3c(N)nn4cccnc34)nc3cccc(C#Cc4ccnn4C)c3c2=O)c(B)c1B. The Balaban J connectivity index is 1.59. The van der Waals surface area contributed by atoms with E-state index in [1.807, 2.05) is 40.9 Å². The number of benzene rings is 2. The molecule has 0 bridgehead atoms. The number of nitrogens with zero attached hydrogens (tertiary/aromatic N) is 7. The molecule has 4 aromatic heterocycles. The van der Waals surface area contributed by atoms with Crippen LogP contribution in [0, 0.1) is 11.8 Å². The highest BCUT2D eigenvalue weighted by Crippen LogP contribution is 2.21. The molecule has 0 saturated carbocycles. The summed E-state index contributed by atoms with van der Waals surface area (Å²) in [6.45, 7) is 1.79. The average molecular weight is 589 g/mol. The Morgan fingerprint density at radius 2 is 1.69 bits per heavy atom. The second-order valence-electron chi connectivity index (χ2n) is 11.2. The highest BCUT2D eigenvalue weighted by Gasteiger charge is 2.26. The van der Waals surface area contributed by atoms with Gasteiger partial charge in [0.1, 0.15) is 56.3 Å². The van der Waals surface area contributed by atoms with Crippen LogP contribution in [-0.2, 0) is 7.05 Å². The number of nitrogens with two attached hydrogens (primary N) is 1. The minimum absolute atomic E-state index is 0.0513. The molecule has 11 nitrogen and oxygen atoms in total. The lowest BCUT2D eigenvalue weighted by Crippen LogP contribution is -2.57. The first-order chi connectivity index (χ1) is 21.5. The van der Waals surface area contributed by atoms with Gasteiger partial charge in [0, 0.05) is 30.7 Å². The van der Waals surface area contributed by atoms with Crippen LogP contribution >= 0.6 is 0 Å². The number of hydrogen-bond acceptors (Lipinski definition) is 7. The normalized spacial score (nSPS) is 11.8. The van der Waals surface area contributed by atoms with Crippen LogP contribution in [0.1, 0.15) is 40.4 Å². The van der Waals surface area contributed by atoms with Crippen molar-refractivity contribution in [2.45, 2.75) is 13.0 Å². The summed E-state index contributed by atoms with van der Waals surface area (Å²) in [5, 5.41) is 11.8. The fraction of sp³-hybridized carbons (Fsp3) is 0.103. The predicted octanol–water partition coefficient (Wildman–Crippen LogP) is -6.07. The van der Waals surface area contributed by atoms with Crippen molar-refractivity contribution in [2.75, 3.05) is 5.73 Å². The summed E-state index contributed by atoms with van der Waals surface area (Å²) >= 11 is 0. The van der Waals surface area contributed by atoms with Crippen LogP contribution in [0.5, 0.6) is 0 Å². The molecule has 1 amide bonds. The molecule has 0 radical (unpaired) electrons. The number of rotatable bonds is 4. The number of nitrogens with one attached hydrogen (secondary N) is 1. The van der Waals surface area contributed by atoms with Crippen LogP contribution in [0.25, 0.3) is 22.2 Å². The Kier molecular flexibility index (Phi) is 7.40. The first-order valence-electron chi connectivity index (χ1n) is 14.5. The number of anilines is 1. The molecule has 6 rings (SSSR count). The number of aryl methyl sites for hydroxylation is 1. The Bertz CT molecular complexity index is 2290. The van der Waals surface area contributed by atoms with Crippen molar-refractivity contribution in [3.8, 4) is 17.5 Å². The third-order valence-electron chi connectivity index (χ3n) is 8.64. The molecule has 4 heterocycles. The van der Waals surface area contributed by atoms with Gasteiger partial charge in [-0.2, -0.15) is 5.10 Å². The Hall–Kier alpha value is -5.44. The standard InChI is InChI=1S/C29H28B5N9O2/c1-13(38-28(44)18-25(35)40-42-12-4-10-36-27(18)42)26-39-16-6-3-5-14(7-8-15-9-11-37-41(15)2)17(16)29(45)43(26)24-22(33)20(31)19(30)21(32)23(24)34/h3-6,9-13H,30-34H2,1-2H3,(H2,35,40)(H,38,44)/t13-/m1/s1. The lowest BCUT2D eigenvalue weighted by molar-refractivity contribution is 0.0940. The van der Waals surface area contributed by atoms with Crippen LogP contribution in [0.2, 0.25) is 0 Å². The molecular formula is C29H28B5N9O2. The zero-order chi connectivity index (χ0) is 32.2. The lowest BCUT2D eigenvalue weighted by atomic mass is 9.61. The largest absolute Gasteiger partial charge is 0.381 e. The lowest BCUT2D eigenvalue weighted by Gasteiger charge is -2.26. The van der Waals surface area contributed by atoms with Gasteiger partial charge in [-0.1, -0.05) is 33.8 Å². The summed E-state index contributed by atoms with van der Waals surface area (Å²) in [7, 11) is 12.0. The van der Waals surface area contributed by atoms with Crippen LogP contribution in [-0.4, -0.2) is 79.1 Å². The van der Waals surface area contributed by atoms with Gasteiger partial charge in [-0.25, -0.2) is 14.5 Å². The van der Waals surface area contributed by atoms with Crippen LogP contribution in [0.3, 0.4) is 0 Å². The zero-order valence-electron chi connectivity index (χ0n) is 26.2. The molecule has 16 heteroatoms. The van der Waals surface area contributed by atoms with E-state index in [1.165, 1.54) is 4.52 Å². The van der Waals surface area contributed by atoms with E-state index in [4.69, 9.17) is 10.7 Å². The van der Waals surface area contributed by atoms with Crippen molar-refractivity contribution in [3.63, 3.8) is 0 Å². The van der Waals surface area contributed by atoms with Crippen molar-refractivity contribution >= 4 is 94.8 Å². The van der Waals surface area contributed by atoms with Crippen molar-refractivity contribution in [2.24, 2.45) is 7.05 Å². The van der Waals surface area contributed by atoms with Crippen molar-refractivity contribution < 1.29 is 4.79 Å². The molecule has 216 valence electrons. The molecule has 0 fully saturated rings. The van der Waals surface area contributed by atoms with Crippen LogP contribution in [0.4, 0.5) is 5.82 Å². The van der Waals surface area contributed by atoms with E-state index < -0.39 is 11.9 Å².